The Bertz CT molecular complexity index is 840. The third-order valence-corrected chi connectivity index (χ3v) is 4.45. The van der Waals surface area contributed by atoms with Crippen LogP contribution in [0, 0.1) is 0 Å². The van der Waals surface area contributed by atoms with E-state index in [1.54, 1.807) is 0 Å². The first-order chi connectivity index (χ1) is 9.42. The Kier molecular flexibility index (Phi) is 2.42. The summed E-state index contributed by atoms with van der Waals surface area (Å²) in [6, 6.07) is 19.4. The number of rotatable bonds is 2. The number of aromatic nitrogens is 1. The van der Waals surface area contributed by atoms with Crippen LogP contribution in [0.3, 0.4) is 0 Å². The van der Waals surface area contributed by atoms with Crippen molar-refractivity contribution < 1.29 is 0 Å². The summed E-state index contributed by atoms with van der Waals surface area (Å²) in [5.41, 5.74) is 3.87. The SMILES string of the molecule is c1csc(Cc2cccc3c2[nH]c2ccccc23)c1. The molecule has 1 N–H and O–H groups in total. The van der Waals surface area contributed by atoms with Crippen molar-refractivity contribution in [1.82, 2.24) is 4.98 Å². The van der Waals surface area contributed by atoms with Crippen molar-refractivity contribution in [3.8, 4) is 0 Å². The molecule has 0 spiro atoms. The summed E-state index contributed by atoms with van der Waals surface area (Å²) in [6.45, 7) is 0. The van der Waals surface area contributed by atoms with Gasteiger partial charge in [0.05, 0.1) is 5.52 Å². The molecule has 2 heteroatoms. The van der Waals surface area contributed by atoms with Gasteiger partial charge in [-0.25, -0.2) is 0 Å². The quantitative estimate of drug-likeness (QED) is 0.525. The van der Waals surface area contributed by atoms with Crippen LogP contribution >= 0.6 is 11.3 Å². The van der Waals surface area contributed by atoms with E-state index in [1.807, 2.05) is 11.3 Å². The number of nitrogens with one attached hydrogen (secondary N) is 1. The molecule has 4 aromatic rings. The highest BCUT2D eigenvalue weighted by atomic mass is 32.1. The van der Waals surface area contributed by atoms with Gasteiger partial charge in [0.2, 0.25) is 0 Å². The maximum absolute atomic E-state index is 3.56. The number of thiophene rings is 1. The van der Waals surface area contributed by atoms with Crippen LogP contribution in [0.25, 0.3) is 21.8 Å². The lowest BCUT2D eigenvalue weighted by Crippen LogP contribution is -1.86. The van der Waals surface area contributed by atoms with E-state index in [0.29, 0.717) is 0 Å². The smallest absolute Gasteiger partial charge is 0.0501 e. The normalized spacial score (nSPS) is 11.4. The molecule has 2 aromatic heterocycles. The number of fused-ring (bicyclic) bond motifs is 3. The maximum atomic E-state index is 3.56. The Morgan fingerprint density at radius 3 is 2.63 bits per heavy atom. The molecule has 0 saturated heterocycles. The van der Waals surface area contributed by atoms with Gasteiger partial charge in [0, 0.05) is 27.6 Å². The second kappa shape index (κ2) is 4.25. The van der Waals surface area contributed by atoms with Crippen LogP contribution in [-0.2, 0) is 6.42 Å². The Morgan fingerprint density at radius 2 is 1.74 bits per heavy atom. The minimum atomic E-state index is 1.00. The molecule has 0 saturated carbocycles. The second-order valence-corrected chi connectivity index (χ2v) is 5.80. The van der Waals surface area contributed by atoms with Crippen molar-refractivity contribution in [2.75, 3.05) is 0 Å². The molecule has 0 bridgehead atoms. The van der Waals surface area contributed by atoms with Crippen molar-refractivity contribution in [1.29, 1.82) is 0 Å². The third kappa shape index (κ3) is 1.76. The van der Waals surface area contributed by atoms with Crippen molar-refractivity contribution in [2.45, 2.75) is 6.42 Å². The summed E-state index contributed by atoms with van der Waals surface area (Å²) in [4.78, 5) is 4.97. The van der Waals surface area contributed by atoms with Crippen LogP contribution in [-0.4, -0.2) is 4.98 Å². The fourth-order valence-electron chi connectivity index (χ4n) is 2.68. The van der Waals surface area contributed by atoms with Crippen LogP contribution in [0.5, 0.6) is 0 Å². The summed E-state index contributed by atoms with van der Waals surface area (Å²) in [5, 5.41) is 4.77. The highest BCUT2D eigenvalue weighted by Gasteiger charge is 2.08. The van der Waals surface area contributed by atoms with Crippen molar-refractivity contribution in [3.63, 3.8) is 0 Å². The minimum Gasteiger partial charge on any atom is -0.354 e. The molecule has 2 aromatic carbocycles. The van der Waals surface area contributed by atoms with E-state index >= 15 is 0 Å². The van der Waals surface area contributed by atoms with Crippen molar-refractivity contribution >= 4 is 33.1 Å². The van der Waals surface area contributed by atoms with Gasteiger partial charge >= 0.3 is 0 Å². The summed E-state index contributed by atoms with van der Waals surface area (Å²) >= 11 is 1.82. The van der Waals surface area contributed by atoms with Gasteiger partial charge in [-0.15, -0.1) is 11.3 Å². The Morgan fingerprint density at radius 1 is 0.842 bits per heavy atom. The molecule has 92 valence electrons. The van der Waals surface area contributed by atoms with Crippen molar-refractivity contribution in [3.05, 3.63) is 70.4 Å². The number of benzene rings is 2. The molecule has 0 radical (unpaired) electrons. The first kappa shape index (κ1) is 10.8. The predicted molar refractivity (Wildman–Crippen MR) is 82.9 cm³/mol. The lowest BCUT2D eigenvalue weighted by atomic mass is 10.1. The van der Waals surface area contributed by atoms with Gasteiger partial charge in [-0.3, -0.25) is 0 Å². The average molecular weight is 263 g/mol. The summed E-state index contributed by atoms with van der Waals surface area (Å²) in [6.07, 6.45) is 1.00. The zero-order valence-corrected chi connectivity index (χ0v) is 11.2. The monoisotopic (exact) mass is 263 g/mol. The van der Waals surface area contributed by atoms with Gasteiger partial charge < -0.3 is 4.98 Å². The predicted octanol–water partition coefficient (Wildman–Crippen LogP) is 4.97. The zero-order chi connectivity index (χ0) is 12.7. The second-order valence-electron chi connectivity index (χ2n) is 4.77. The summed E-state index contributed by atoms with van der Waals surface area (Å²) in [5.74, 6) is 0. The summed E-state index contributed by atoms with van der Waals surface area (Å²) < 4.78 is 0. The van der Waals surface area contributed by atoms with E-state index in [-0.39, 0.29) is 0 Å². The van der Waals surface area contributed by atoms with Crippen LogP contribution < -0.4 is 0 Å². The average Bonchev–Trinajstić information content (AvgIpc) is 3.06. The Hall–Kier alpha value is -2.06. The molecular weight excluding hydrogens is 250 g/mol. The van der Waals surface area contributed by atoms with Gasteiger partial charge in [-0.2, -0.15) is 0 Å². The van der Waals surface area contributed by atoms with Crippen LogP contribution in [0.1, 0.15) is 10.4 Å². The highest BCUT2D eigenvalue weighted by molar-refractivity contribution is 7.09. The molecule has 0 aliphatic heterocycles. The standard InChI is InChI=1S/C17H13NS/c1-2-9-16-14(7-1)15-8-3-5-12(17(15)18-16)11-13-6-4-10-19-13/h1-10,18H,11H2. The van der Waals surface area contributed by atoms with Crippen LogP contribution in [0.2, 0.25) is 0 Å². The molecule has 0 aliphatic carbocycles. The zero-order valence-electron chi connectivity index (χ0n) is 10.4. The van der Waals surface area contributed by atoms with E-state index < -0.39 is 0 Å². The first-order valence-corrected chi connectivity index (χ1v) is 7.30. The number of H-pyrrole nitrogens is 1. The number of aromatic amines is 1. The molecule has 0 atom stereocenters. The molecule has 0 fully saturated rings. The van der Waals surface area contributed by atoms with Crippen LogP contribution in [0.15, 0.2) is 60.0 Å². The van der Waals surface area contributed by atoms with E-state index in [0.717, 1.165) is 6.42 Å². The number of hydrogen-bond donors (Lipinski definition) is 1. The largest absolute Gasteiger partial charge is 0.354 e. The maximum Gasteiger partial charge on any atom is 0.0501 e. The fraction of sp³-hybridized carbons (Fsp3) is 0.0588. The van der Waals surface area contributed by atoms with Gasteiger partial charge in [0.1, 0.15) is 0 Å². The molecule has 1 nitrogen and oxygen atoms in total. The molecular formula is C17H13NS. The fourth-order valence-corrected chi connectivity index (χ4v) is 3.41. The highest BCUT2D eigenvalue weighted by Crippen LogP contribution is 2.29. The molecule has 0 unspecified atom stereocenters. The van der Waals surface area contributed by atoms with E-state index in [2.05, 4.69) is 65.0 Å². The summed E-state index contributed by atoms with van der Waals surface area (Å²) in [7, 11) is 0. The van der Waals surface area contributed by atoms with Gasteiger partial charge in [0.25, 0.3) is 0 Å². The lowest BCUT2D eigenvalue weighted by Gasteiger charge is -2.01. The van der Waals surface area contributed by atoms with Gasteiger partial charge in [-0.1, -0.05) is 42.5 Å². The minimum absolute atomic E-state index is 1.00. The topological polar surface area (TPSA) is 15.8 Å². The third-order valence-electron chi connectivity index (χ3n) is 3.57. The number of para-hydroxylation sites is 2. The lowest BCUT2D eigenvalue weighted by molar-refractivity contribution is 1.25. The Balaban J connectivity index is 1.96. The van der Waals surface area contributed by atoms with Gasteiger partial charge in [0.15, 0.2) is 0 Å². The van der Waals surface area contributed by atoms with E-state index in [9.17, 15) is 0 Å². The Labute approximate surface area is 115 Å². The van der Waals surface area contributed by atoms with E-state index in [4.69, 9.17) is 0 Å². The number of hydrogen-bond acceptors (Lipinski definition) is 1. The molecule has 4 rings (SSSR count). The molecule has 0 aliphatic rings. The van der Waals surface area contributed by atoms with Crippen molar-refractivity contribution in [2.24, 2.45) is 0 Å². The van der Waals surface area contributed by atoms with Gasteiger partial charge in [-0.05, 0) is 23.1 Å². The first-order valence-electron chi connectivity index (χ1n) is 6.42. The molecule has 19 heavy (non-hydrogen) atoms. The van der Waals surface area contributed by atoms with E-state index in [1.165, 1.54) is 32.2 Å². The van der Waals surface area contributed by atoms with Crippen LogP contribution in [0.4, 0.5) is 0 Å². The molecule has 2 heterocycles. The molecule has 0 amide bonds.